The first kappa shape index (κ1) is 32.8. The van der Waals surface area contributed by atoms with Gasteiger partial charge in [0, 0.05) is 77.2 Å². The second kappa shape index (κ2) is 12.1. The lowest BCUT2D eigenvalue weighted by Crippen LogP contribution is -2.58. The molecule has 0 saturated carbocycles. The van der Waals surface area contributed by atoms with E-state index in [2.05, 4.69) is 11.6 Å². The Hall–Kier alpha value is -4.17. The fraction of sp³-hybridized carbons (Fsp3) is 0.312. The van der Waals surface area contributed by atoms with Gasteiger partial charge in [-0.2, -0.15) is 18.2 Å². The van der Waals surface area contributed by atoms with Crippen molar-refractivity contribution in [3.63, 3.8) is 0 Å². The number of halogens is 6. The molecule has 0 aliphatic carbocycles. The highest BCUT2D eigenvalue weighted by molar-refractivity contribution is 7.99. The lowest BCUT2D eigenvalue weighted by atomic mass is 9.95. The predicted molar refractivity (Wildman–Crippen MR) is 170 cm³/mol. The van der Waals surface area contributed by atoms with Crippen molar-refractivity contribution in [2.45, 2.75) is 49.6 Å². The Morgan fingerprint density at radius 2 is 1.77 bits per heavy atom. The molecule has 47 heavy (non-hydrogen) atoms. The molecule has 2 aliphatic rings. The summed E-state index contributed by atoms with van der Waals surface area (Å²) in [5.74, 6) is -2.74. The molecule has 8 nitrogen and oxygen atoms in total. The Labute approximate surface area is 274 Å². The van der Waals surface area contributed by atoms with E-state index in [-0.39, 0.29) is 58.5 Å². The number of pyridine rings is 1. The fourth-order valence-corrected chi connectivity index (χ4v) is 8.05. The Balaban J connectivity index is 1.67. The fourth-order valence-electron chi connectivity index (χ4n) is 6.54. The normalized spacial score (nSPS) is 20.0. The molecule has 4 aromatic rings. The number of carbonyl (C=O) groups is 1. The first-order valence-corrected chi connectivity index (χ1v) is 15.9. The summed E-state index contributed by atoms with van der Waals surface area (Å²) in [7, 11) is 0. The third-order valence-electron chi connectivity index (χ3n) is 8.49. The topological polar surface area (TPSA) is 80.4 Å². The summed E-state index contributed by atoms with van der Waals surface area (Å²) >= 11 is 6.89. The van der Waals surface area contributed by atoms with Gasteiger partial charge in [0.25, 0.3) is 5.56 Å². The minimum atomic E-state index is -5.04. The van der Waals surface area contributed by atoms with Crippen molar-refractivity contribution in [2.75, 3.05) is 23.7 Å². The maximum absolute atomic E-state index is 15.4. The zero-order chi connectivity index (χ0) is 33.9. The quantitative estimate of drug-likeness (QED) is 0.146. The minimum absolute atomic E-state index is 0.0245. The summed E-state index contributed by atoms with van der Waals surface area (Å²) < 4.78 is 77.3. The zero-order valence-electron chi connectivity index (χ0n) is 25.0. The highest BCUT2D eigenvalue weighted by atomic mass is 35.5. The van der Waals surface area contributed by atoms with Gasteiger partial charge in [-0.1, -0.05) is 24.2 Å². The van der Waals surface area contributed by atoms with Crippen LogP contribution in [0.2, 0.25) is 5.02 Å². The number of rotatable bonds is 4. The molecule has 0 radical (unpaired) electrons. The van der Waals surface area contributed by atoms with Gasteiger partial charge in [0.15, 0.2) is 0 Å². The number of hydrogen-bond donors (Lipinski definition) is 0. The first-order chi connectivity index (χ1) is 22.2. The maximum Gasteiger partial charge on any atom is 0.417 e. The van der Waals surface area contributed by atoms with Crippen LogP contribution in [0.15, 0.2) is 69.7 Å². The Kier molecular flexibility index (Phi) is 8.45. The van der Waals surface area contributed by atoms with E-state index < -0.39 is 63.3 Å². The van der Waals surface area contributed by atoms with Gasteiger partial charge in [0.05, 0.1) is 22.1 Å². The molecule has 0 unspecified atom stereocenters. The van der Waals surface area contributed by atoms with Gasteiger partial charge < -0.3 is 14.4 Å². The van der Waals surface area contributed by atoms with Crippen molar-refractivity contribution >= 4 is 46.0 Å². The molecule has 3 atom stereocenters. The Bertz CT molecular complexity index is 2050. The number of aromatic nitrogens is 3. The van der Waals surface area contributed by atoms with Crippen LogP contribution in [-0.4, -0.2) is 55.9 Å². The SMILES string of the molecule is C=CC(=O)N1[C@H](C)CN(c2nc(=O)n3c4c(c(-c5cc(Cl)c(F)cc5F)c(C(F)(F)F)cc24)SC[C@@H](n2ccccc2=O)C3)C[C@@H]1C. The number of piperazine rings is 1. The molecule has 2 aromatic carbocycles. The number of hydrogen-bond acceptors (Lipinski definition) is 6. The largest absolute Gasteiger partial charge is 0.417 e. The Morgan fingerprint density at radius 3 is 2.40 bits per heavy atom. The van der Waals surface area contributed by atoms with E-state index in [0.29, 0.717) is 6.07 Å². The average Bonchev–Trinajstić information content (AvgIpc) is 3.21. The van der Waals surface area contributed by atoms with Crippen LogP contribution in [0, 0.1) is 11.6 Å². The number of alkyl halides is 3. The van der Waals surface area contributed by atoms with E-state index in [4.69, 9.17) is 11.6 Å². The third-order valence-corrected chi connectivity index (χ3v) is 10.0. The van der Waals surface area contributed by atoms with Crippen LogP contribution < -0.4 is 16.1 Å². The van der Waals surface area contributed by atoms with Crippen molar-refractivity contribution in [2.24, 2.45) is 0 Å². The summed E-state index contributed by atoms with van der Waals surface area (Å²) in [6.45, 7) is 7.25. The summed E-state index contributed by atoms with van der Waals surface area (Å²) in [6.07, 6.45) is -2.34. The van der Waals surface area contributed by atoms with Gasteiger partial charge in [-0.15, -0.1) is 11.8 Å². The predicted octanol–water partition coefficient (Wildman–Crippen LogP) is 6.13. The number of thioether (sulfide) groups is 1. The third kappa shape index (κ3) is 5.71. The van der Waals surface area contributed by atoms with Crippen molar-refractivity contribution in [1.29, 1.82) is 0 Å². The van der Waals surface area contributed by atoms with Crippen LogP contribution in [0.25, 0.3) is 22.0 Å². The first-order valence-electron chi connectivity index (χ1n) is 14.5. The maximum atomic E-state index is 15.4. The van der Waals surface area contributed by atoms with Crippen molar-refractivity contribution in [1.82, 2.24) is 19.0 Å². The molecule has 0 spiro atoms. The number of amides is 1. The highest BCUT2D eigenvalue weighted by Gasteiger charge is 2.40. The van der Waals surface area contributed by atoms with Crippen LogP contribution in [0.4, 0.5) is 27.8 Å². The molecular weight excluding hydrogens is 665 g/mol. The smallest absolute Gasteiger partial charge is 0.352 e. The molecule has 0 N–H and O–H groups in total. The van der Waals surface area contributed by atoms with Crippen molar-refractivity contribution in [3.8, 4) is 11.1 Å². The lowest BCUT2D eigenvalue weighted by molar-refractivity contribution is -0.137. The second-order valence-electron chi connectivity index (χ2n) is 11.6. The van der Waals surface area contributed by atoms with Crippen LogP contribution >= 0.6 is 23.4 Å². The molecule has 15 heteroatoms. The summed E-state index contributed by atoms with van der Waals surface area (Å²) in [5.41, 5.74) is -3.56. The van der Waals surface area contributed by atoms with E-state index in [0.717, 1.165) is 23.9 Å². The minimum Gasteiger partial charge on any atom is -0.352 e. The van der Waals surface area contributed by atoms with Crippen LogP contribution in [0.5, 0.6) is 0 Å². The van der Waals surface area contributed by atoms with Crippen LogP contribution in [-0.2, 0) is 17.5 Å². The van der Waals surface area contributed by atoms with E-state index in [1.807, 2.05) is 0 Å². The number of carbonyl (C=O) groups excluding carboxylic acids is 1. The standard InChI is InChI=1S/C32H27ClF5N5O3S/c1-4-25(44)43-16(2)12-40(13-17(43)3)30-20-9-21(32(36,37)38)27(19-10-22(33)24(35)11-23(19)34)29-28(20)42(31(46)39-30)14-18(15-47-29)41-8-6-5-7-26(41)45/h4-11,16-18H,1,12-15H2,2-3H3/t16-,17+,18-/m0/s1. The molecule has 2 aliphatic heterocycles. The molecule has 1 amide bonds. The molecule has 246 valence electrons. The van der Waals surface area contributed by atoms with Gasteiger partial charge in [0.2, 0.25) is 5.91 Å². The summed E-state index contributed by atoms with van der Waals surface area (Å²) in [5, 5.41) is -0.613. The monoisotopic (exact) mass is 691 g/mol. The van der Waals surface area contributed by atoms with E-state index in [1.165, 1.54) is 33.5 Å². The summed E-state index contributed by atoms with van der Waals surface area (Å²) in [4.78, 5) is 46.7. The number of nitrogens with zero attached hydrogens (tertiary/aromatic N) is 5. The number of benzene rings is 2. The van der Waals surface area contributed by atoms with E-state index in [9.17, 15) is 18.8 Å². The van der Waals surface area contributed by atoms with Crippen LogP contribution in [0.1, 0.15) is 25.5 Å². The molecule has 2 aromatic heterocycles. The molecule has 4 heterocycles. The second-order valence-corrected chi connectivity index (χ2v) is 13.0. The average molecular weight is 692 g/mol. The van der Waals surface area contributed by atoms with Gasteiger partial charge in [-0.3, -0.25) is 14.2 Å². The molecule has 6 rings (SSSR count). The van der Waals surface area contributed by atoms with Crippen LogP contribution in [0.3, 0.4) is 0 Å². The summed E-state index contributed by atoms with van der Waals surface area (Å²) in [6, 6.07) is 4.99. The molecule has 0 bridgehead atoms. The highest BCUT2D eigenvalue weighted by Crippen LogP contribution is 2.50. The van der Waals surface area contributed by atoms with Crippen molar-refractivity contribution in [3.05, 3.63) is 98.3 Å². The zero-order valence-corrected chi connectivity index (χ0v) is 26.6. The molecule has 1 fully saturated rings. The molecule has 1 saturated heterocycles. The van der Waals surface area contributed by atoms with Gasteiger partial charge >= 0.3 is 11.9 Å². The van der Waals surface area contributed by atoms with Gasteiger partial charge in [-0.25, -0.2) is 13.6 Å². The van der Waals surface area contributed by atoms with Gasteiger partial charge in [0.1, 0.15) is 17.5 Å². The molecular formula is C32H27ClF5N5O3S. The van der Waals surface area contributed by atoms with E-state index in [1.54, 1.807) is 29.7 Å². The van der Waals surface area contributed by atoms with Gasteiger partial charge in [-0.05, 0) is 38.1 Å². The number of anilines is 1. The van der Waals surface area contributed by atoms with Crippen molar-refractivity contribution < 1.29 is 26.7 Å². The Morgan fingerprint density at radius 1 is 1.06 bits per heavy atom. The lowest BCUT2D eigenvalue weighted by Gasteiger charge is -2.44. The van der Waals surface area contributed by atoms with E-state index >= 15 is 17.6 Å².